The van der Waals surface area contributed by atoms with E-state index < -0.39 is 0 Å². The Labute approximate surface area is 112 Å². The van der Waals surface area contributed by atoms with E-state index in [-0.39, 0.29) is 4.32 Å². The molecule has 0 amide bonds. The van der Waals surface area contributed by atoms with E-state index in [2.05, 4.69) is 66.0 Å². The average molecular weight is 265 g/mol. The van der Waals surface area contributed by atoms with Gasteiger partial charge in [-0.1, -0.05) is 49.5 Å². The van der Waals surface area contributed by atoms with Crippen LogP contribution in [0.5, 0.6) is 0 Å². The fourth-order valence-corrected chi connectivity index (χ4v) is 1.41. The number of thiocarbonyl (C=S) groups is 1. The van der Waals surface area contributed by atoms with Crippen LogP contribution in [0.15, 0.2) is 42.7 Å². The summed E-state index contributed by atoms with van der Waals surface area (Å²) < 4.78 is 0.194. The van der Waals surface area contributed by atoms with Gasteiger partial charge in [0.2, 0.25) is 0 Å². The molecular formula is C12H15N3S2. The van der Waals surface area contributed by atoms with Gasteiger partial charge in [-0.25, -0.2) is 4.98 Å². The first kappa shape index (κ1) is 13.7. The number of imidazole rings is 1. The second-order valence-corrected chi connectivity index (χ2v) is 4.67. The van der Waals surface area contributed by atoms with Gasteiger partial charge in [0.15, 0.2) is 0 Å². The molecule has 0 saturated heterocycles. The summed E-state index contributed by atoms with van der Waals surface area (Å²) >= 11 is 7.65. The third-order valence-electron chi connectivity index (χ3n) is 2.23. The van der Waals surface area contributed by atoms with Gasteiger partial charge in [-0.2, -0.15) is 0 Å². The molecule has 3 N–H and O–H groups in total. The summed E-state index contributed by atoms with van der Waals surface area (Å²) in [5.41, 5.74) is 6.00. The minimum absolute atomic E-state index is 0.194. The third kappa shape index (κ3) is 5.01. The van der Waals surface area contributed by atoms with Crippen LogP contribution in [0.1, 0.15) is 24.2 Å². The lowest BCUT2D eigenvalue weighted by Crippen LogP contribution is -1.97. The molecule has 0 saturated carbocycles. The molecule has 1 aromatic heterocycles. The summed E-state index contributed by atoms with van der Waals surface area (Å²) in [5.74, 6) is 1.36. The van der Waals surface area contributed by atoms with Crippen LogP contribution in [0, 0.1) is 0 Å². The van der Waals surface area contributed by atoms with E-state index in [9.17, 15) is 0 Å². The molecule has 0 bridgehead atoms. The van der Waals surface area contributed by atoms with Gasteiger partial charge in [-0.15, -0.1) is 12.6 Å². The van der Waals surface area contributed by atoms with Gasteiger partial charge >= 0.3 is 0 Å². The van der Waals surface area contributed by atoms with Crippen LogP contribution < -0.4 is 5.73 Å². The van der Waals surface area contributed by atoms with Crippen LogP contribution in [0.25, 0.3) is 0 Å². The number of nitrogens with one attached hydrogen (secondary N) is 1. The molecule has 2 rings (SSSR count). The highest BCUT2D eigenvalue weighted by Gasteiger charge is 2.08. The largest absolute Gasteiger partial charge is 0.385 e. The van der Waals surface area contributed by atoms with E-state index in [1.807, 2.05) is 12.3 Å². The maximum atomic E-state index is 4.71. The Morgan fingerprint density at radius 3 is 2.47 bits per heavy atom. The van der Waals surface area contributed by atoms with E-state index in [1.165, 1.54) is 5.56 Å². The molecule has 90 valence electrons. The predicted octanol–water partition coefficient (Wildman–Crippen LogP) is 2.72. The van der Waals surface area contributed by atoms with Crippen molar-refractivity contribution in [1.29, 1.82) is 0 Å². The minimum atomic E-state index is 0.194. The van der Waals surface area contributed by atoms with Gasteiger partial charge in [0.1, 0.15) is 10.1 Å². The van der Waals surface area contributed by atoms with Crippen LogP contribution in [-0.2, 0) is 0 Å². The summed E-state index contributed by atoms with van der Waals surface area (Å²) in [5, 5.41) is 0. The predicted molar refractivity (Wildman–Crippen MR) is 78.3 cm³/mol. The molecule has 1 aromatic carbocycles. The molecule has 0 spiro atoms. The molecule has 5 heteroatoms. The summed E-state index contributed by atoms with van der Waals surface area (Å²) in [4.78, 5) is 7.36. The first-order chi connectivity index (χ1) is 8.11. The van der Waals surface area contributed by atoms with Gasteiger partial charge in [-0.05, 0) is 5.56 Å². The van der Waals surface area contributed by atoms with Crippen molar-refractivity contribution in [2.24, 2.45) is 5.73 Å². The van der Waals surface area contributed by atoms with Crippen molar-refractivity contribution in [2.75, 3.05) is 0 Å². The van der Waals surface area contributed by atoms with Crippen molar-refractivity contribution >= 4 is 29.2 Å². The highest BCUT2D eigenvalue weighted by molar-refractivity contribution is 8.10. The summed E-state index contributed by atoms with van der Waals surface area (Å²) in [6, 6.07) is 10.4. The van der Waals surface area contributed by atoms with Crippen molar-refractivity contribution in [3.63, 3.8) is 0 Å². The summed E-state index contributed by atoms with van der Waals surface area (Å²) in [6.07, 6.45) is 3.64. The van der Waals surface area contributed by atoms with Crippen molar-refractivity contribution in [3.05, 3.63) is 54.1 Å². The fraction of sp³-hybridized carbons (Fsp3) is 0.167. The van der Waals surface area contributed by atoms with Crippen molar-refractivity contribution in [1.82, 2.24) is 9.97 Å². The Hall–Kier alpha value is -1.33. The van der Waals surface area contributed by atoms with E-state index in [1.54, 1.807) is 6.20 Å². The van der Waals surface area contributed by atoms with Gasteiger partial charge in [-0.3, -0.25) is 0 Å². The first-order valence-electron chi connectivity index (χ1n) is 5.14. The second kappa shape index (κ2) is 7.09. The van der Waals surface area contributed by atoms with Crippen molar-refractivity contribution < 1.29 is 0 Å². The maximum Gasteiger partial charge on any atom is 0.128 e. The molecule has 0 radical (unpaired) electrons. The highest BCUT2D eigenvalue weighted by Crippen LogP contribution is 2.19. The molecule has 1 unspecified atom stereocenters. The Morgan fingerprint density at radius 2 is 2.00 bits per heavy atom. The quantitative estimate of drug-likeness (QED) is 0.578. The maximum absolute atomic E-state index is 4.71. The number of thiol groups is 1. The summed E-state index contributed by atoms with van der Waals surface area (Å²) in [7, 11) is 0. The number of H-pyrrole nitrogens is 1. The van der Waals surface area contributed by atoms with Gasteiger partial charge in [0.25, 0.3) is 0 Å². The molecular weight excluding hydrogens is 250 g/mol. The van der Waals surface area contributed by atoms with E-state index >= 15 is 0 Å². The smallest absolute Gasteiger partial charge is 0.128 e. The monoisotopic (exact) mass is 265 g/mol. The molecule has 1 atom stereocenters. The first-order valence-corrected chi connectivity index (χ1v) is 5.99. The Balaban J connectivity index is 0.000000317. The Kier molecular flexibility index (Phi) is 5.72. The summed E-state index contributed by atoms with van der Waals surface area (Å²) in [6.45, 7) is 2.15. The lowest BCUT2D eigenvalue weighted by Gasteiger charge is -2.07. The number of nitrogens with two attached hydrogens (primary N) is 1. The third-order valence-corrected chi connectivity index (χ3v) is 2.23. The van der Waals surface area contributed by atoms with Gasteiger partial charge in [0, 0.05) is 18.3 Å². The average Bonchev–Trinajstić information content (AvgIpc) is 2.82. The number of benzene rings is 1. The van der Waals surface area contributed by atoms with Crippen molar-refractivity contribution in [2.45, 2.75) is 12.8 Å². The number of rotatable bonds is 2. The van der Waals surface area contributed by atoms with E-state index in [4.69, 9.17) is 5.73 Å². The van der Waals surface area contributed by atoms with E-state index in [0.717, 1.165) is 5.82 Å². The molecule has 1 heterocycles. The molecule has 0 fully saturated rings. The van der Waals surface area contributed by atoms with Crippen LogP contribution in [0.2, 0.25) is 0 Å². The molecule has 17 heavy (non-hydrogen) atoms. The second-order valence-electron chi connectivity index (χ2n) is 3.45. The number of hydrogen-bond donors (Lipinski definition) is 3. The van der Waals surface area contributed by atoms with Crippen LogP contribution in [0.4, 0.5) is 0 Å². The number of hydrogen-bond acceptors (Lipinski definition) is 2. The zero-order chi connectivity index (χ0) is 12.7. The van der Waals surface area contributed by atoms with Crippen LogP contribution in [-0.4, -0.2) is 14.3 Å². The molecule has 0 aliphatic heterocycles. The highest BCUT2D eigenvalue weighted by atomic mass is 32.1. The van der Waals surface area contributed by atoms with Crippen LogP contribution >= 0.6 is 24.8 Å². The normalized spacial score (nSPS) is 11.2. The molecule has 2 aromatic rings. The lowest BCUT2D eigenvalue weighted by molar-refractivity contribution is 0.840. The zero-order valence-corrected chi connectivity index (χ0v) is 11.2. The van der Waals surface area contributed by atoms with Crippen molar-refractivity contribution in [3.8, 4) is 0 Å². The number of aromatic nitrogens is 2. The molecule has 0 aliphatic rings. The lowest BCUT2D eigenvalue weighted by atomic mass is 10.0. The molecule has 3 nitrogen and oxygen atoms in total. The Bertz CT molecular complexity index is 436. The fourth-order valence-electron chi connectivity index (χ4n) is 1.41. The van der Waals surface area contributed by atoms with Gasteiger partial charge < -0.3 is 10.7 Å². The number of aromatic amines is 1. The zero-order valence-electron chi connectivity index (χ0n) is 9.50. The molecule has 0 aliphatic carbocycles. The topological polar surface area (TPSA) is 54.7 Å². The number of nitrogens with zero attached hydrogens (tertiary/aromatic N) is 1. The SMILES string of the molecule is CC(c1ccccc1)c1ncc[nH]1.NC(=S)S. The Morgan fingerprint density at radius 1 is 1.41 bits per heavy atom. The standard InChI is InChI=1S/C11H12N2.CH3NS2/c1-9(11-12-7-8-13-11)10-5-3-2-4-6-10;2-1(3)4/h2-9H,1H3,(H,12,13);(H3,2,3,4). The van der Waals surface area contributed by atoms with E-state index in [0.29, 0.717) is 5.92 Å². The van der Waals surface area contributed by atoms with Gasteiger partial charge in [0.05, 0.1) is 0 Å². The van der Waals surface area contributed by atoms with Crippen LogP contribution in [0.3, 0.4) is 0 Å². The minimum Gasteiger partial charge on any atom is -0.385 e.